The number of rotatable bonds is 4. The second-order valence-corrected chi connectivity index (χ2v) is 7.64. The molecule has 1 saturated heterocycles. The third kappa shape index (κ3) is 3.59. The molecule has 1 aliphatic rings. The Morgan fingerprint density at radius 2 is 1.60 bits per heavy atom. The Hall–Kier alpha value is -2.59. The molecule has 1 aliphatic heterocycles. The number of nitro groups is 1. The van der Waals surface area contributed by atoms with Crippen molar-refractivity contribution < 1.29 is 13.3 Å². The number of aryl methyl sites for hydroxylation is 1. The number of sulfonamides is 1. The van der Waals surface area contributed by atoms with Crippen LogP contribution < -0.4 is 4.90 Å². The first kappa shape index (κ1) is 17.2. The maximum Gasteiger partial charge on any atom is 0.305 e. The molecule has 0 unspecified atom stereocenters. The smallest absolute Gasteiger partial charge is 0.305 e. The van der Waals surface area contributed by atoms with Crippen LogP contribution in [0.3, 0.4) is 0 Å². The molecule has 0 bridgehead atoms. The summed E-state index contributed by atoms with van der Waals surface area (Å²) >= 11 is 0. The number of hydrogen-bond donors (Lipinski definition) is 0. The van der Waals surface area contributed by atoms with Crippen LogP contribution in [0.5, 0.6) is 0 Å². The number of anilines is 1. The van der Waals surface area contributed by atoms with E-state index in [2.05, 4.69) is 9.97 Å². The molecule has 1 fully saturated rings. The molecular formula is C15H17N5O4S. The van der Waals surface area contributed by atoms with Crippen molar-refractivity contribution in [1.29, 1.82) is 0 Å². The van der Waals surface area contributed by atoms with Crippen molar-refractivity contribution in [2.75, 3.05) is 31.1 Å². The normalized spacial score (nSPS) is 16.0. The second kappa shape index (κ2) is 6.73. The molecule has 0 spiro atoms. The van der Waals surface area contributed by atoms with Crippen LogP contribution in [-0.2, 0) is 10.0 Å². The average Bonchev–Trinajstić information content (AvgIpc) is 2.62. The van der Waals surface area contributed by atoms with Crippen LogP contribution in [0.25, 0.3) is 0 Å². The van der Waals surface area contributed by atoms with E-state index in [1.165, 1.54) is 4.31 Å². The monoisotopic (exact) mass is 363 g/mol. The fourth-order valence-electron chi connectivity index (χ4n) is 2.56. The van der Waals surface area contributed by atoms with E-state index in [1.807, 2.05) is 11.8 Å². The quantitative estimate of drug-likeness (QED) is 0.593. The lowest BCUT2D eigenvalue weighted by Gasteiger charge is -2.33. The number of hydrogen-bond acceptors (Lipinski definition) is 7. The molecule has 0 atom stereocenters. The molecule has 2 heterocycles. The van der Waals surface area contributed by atoms with Gasteiger partial charge in [-0.3, -0.25) is 10.1 Å². The maximum absolute atomic E-state index is 12.7. The summed E-state index contributed by atoms with van der Waals surface area (Å²) in [5, 5.41) is 10.6. The van der Waals surface area contributed by atoms with Gasteiger partial charge in [-0.25, -0.2) is 18.4 Å². The summed E-state index contributed by atoms with van der Waals surface area (Å²) in [5.74, 6) is 0.359. The molecule has 1 aromatic heterocycles. The molecule has 10 heteroatoms. The van der Waals surface area contributed by atoms with E-state index in [4.69, 9.17) is 0 Å². The SMILES string of the molecule is Cc1ccc(S(=O)(=O)N2CCN(c3ncc([N+](=O)[O-])cn3)CC2)cc1. The molecule has 0 aliphatic carbocycles. The minimum Gasteiger partial charge on any atom is -0.338 e. The Morgan fingerprint density at radius 3 is 2.12 bits per heavy atom. The molecule has 0 saturated carbocycles. The zero-order valence-electron chi connectivity index (χ0n) is 13.6. The number of piperazine rings is 1. The average molecular weight is 363 g/mol. The summed E-state index contributed by atoms with van der Waals surface area (Å²) in [6.45, 7) is 3.35. The lowest BCUT2D eigenvalue weighted by atomic mass is 10.2. The first-order valence-electron chi connectivity index (χ1n) is 7.66. The molecular weight excluding hydrogens is 346 g/mol. The lowest BCUT2D eigenvalue weighted by Crippen LogP contribution is -2.49. The van der Waals surface area contributed by atoms with Gasteiger partial charge in [-0.05, 0) is 19.1 Å². The lowest BCUT2D eigenvalue weighted by molar-refractivity contribution is -0.385. The predicted molar refractivity (Wildman–Crippen MR) is 90.8 cm³/mol. The van der Waals surface area contributed by atoms with Crippen LogP contribution in [0, 0.1) is 17.0 Å². The van der Waals surface area contributed by atoms with Crippen molar-refractivity contribution in [2.24, 2.45) is 0 Å². The van der Waals surface area contributed by atoms with Gasteiger partial charge < -0.3 is 4.90 Å². The highest BCUT2D eigenvalue weighted by molar-refractivity contribution is 7.89. The van der Waals surface area contributed by atoms with Crippen LogP contribution in [0.15, 0.2) is 41.6 Å². The third-order valence-corrected chi connectivity index (χ3v) is 5.93. The maximum atomic E-state index is 12.7. The van der Waals surface area contributed by atoms with Crippen molar-refractivity contribution in [3.05, 3.63) is 52.3 Å². The summed E-state index contributed by atoms with van der Waals surface area (Å²) in [4.78, 5) is 20.1. The molecule has 0 amide bonds. The van der Waals surface area contributed by atoms with Gasteiger partial charge >= 0.3 is 5.69 Å². The van der Waals surface area contributed by atoms with Crippen LogP contribution >= 0.6 is 0 Å². The number of nitrogens with zero attached hydrogens (tertiary/aromatic N) is 5. The van der Waals surface area contributed by atoms with Gasteiger partial charge in [0.2, 0.25) is 16.0 Å². The zero-order valence-corrected chi connectivity index (χ0v) is 14.4. The molecule has 2 aromatic rings. The highest BCUT2D eigenvalue weighted by Crippen LogP contribution is 2.20. The summed E-state index contributed by atoms with van der Waals surface area (Å²) in [6.07, 6.45) is 2.30. The number of benzene rings is 1. The Labute approximate surface area is 145 Å². The first-order valence-corrected chi connectivity index (χ1v) is 9.10. The Morgan fingerprint density at radius 1 is 1.04 bits per heavy atom. The van der Waals surface area contributed by atoms with Gasteiger partial charge in [-0.1, -0.05) is 17.7 Å². The van der Waals surface area contributed by atoms with E-state index in [1.54, 1.807) is 24.3 Å². The number of aromatic nitrogens is 2. The van der Waals surface area contributed by atoms with Crippen molar-refractivity contribution in [2.45, 2.75) is 11.8 Å². The van der Waals surface area contributed by atoms with Crippen molar-refractivity contribution in [1.82, 2.24) is 14.3 Å². The fourth-order valence-corrected chi connectivity index (χ4v) is 3.98. The first-order chi connectivity index (χ1) is 11.9. The van der Waals surface area contributed by atoms with Crippen LogP contribution in [0.4, 0.5) is 11.6 Å². The minimum absolute atomic E-state index is 0.177. The Kier molecular flexibility index (Phi) is 4.64. The van der Waals surface area contributed by atoms with E-state index in [0.29, 0.717) is 32.1 Å². The summed E-state index contributed by atoms with van der Waals surface area (Å²) in [6, 6.07) is 6.76. The summed E-state index contributed by atoms with van der Waals surface area (Å²) in [7, 11) is -3.53. The summed E-state index contributed by atoms with van der Waals surface area (Å²) in [5.41, 5.74) is 0.823. The molecule has 3 rings (SSSR count). The Bertz CT molecular complexity index is 860. The Balaban J connectivity index is 1.69. The van der Waals surface area contributed by atoms with Gasteiger partial charge in [0.25, 0.3) is 0 Å². The van der Waals surface area contributed by atoms with E-state index in [9.17, 15) is 18.5 Å². The van der Waals surface area contributed by atoms with Gasteiger partial charge in [0.15, 0.2) is 0 Å². The van der Waals surface area contributed by atoms with Crippen molar-refractivity contribution in [3.63, 3.8) is 0 Å². The molecule has 1 aromatic carbocycles. The third-order valence-electron chi connectivity index (χ3n) is 4.02. The topological polar surface area (TPSA) is 110 Å². The van der Waals surface area contributed by atoms with E-state index < -0.39 is 14.9 Å². The predicted octanol–water partition coefficient (Wildman–Crippen LogP) is 1.20. The highest BCUT2D eigenvalue weighted by atomic mass is 32.2. The van der Waals surface area contributed by atoms with Crippen LogP contribution in [-0.4, -0.2) is 53.8 Å². The standard InChI is InChI=1S/C15H17N5O4S/c1-12-2-4-14(5-3-12)25(23,24)19-8-6-18(7-9-19)15-16-10-13(11-17-15)20(21)22/h2-5,10-11H,6-9H2,1H3. The van der Waals surface area contributed by atoms with E-state index >= 15 is 0 Å². The minimum atomic E-state index is -3.53. The highest BCUT2D eigenvalue weighted by Gasteiger charge is 2.29. The second-order valence-electron chi connectivity index (χ2n) is 5.70. The van der Waals surface area contributed by atoms with Crippen molar-refractivity contribution >= 4 is 21.7 Å². The van der Waals surface area contributed by atoms with E-state index in [-0.39, 0.29) is 10.6 Å². The van der Waals surface area contributed by atoms with Gasteiger partial charge in [-0.2, -0.15) is 4.31 Å². The molecule has 25 heavy (non-hydrogen) atoms. The zero-order chi connectivity index (χ0) is 18.0. The van der Waals surface area contributed by atoms with Crippen molar-refractivity contribution in [3.8, 4) is 0 Å². The van der Waals surface area contributed by atoms with E-state index in [0.717, 1.165) is 18.0 Å². The largest absolute Gasteiger partial charge is 0.338 e. The molecule has 0 N–H and O–H groups in total. The summed E-state index contributed by atoms with van der Waals surface area (Å²) < 4.78 is 26.8. The fraction of sp³-hybridized carbons (Fsp3) is 0.333. The van der Waals surface area contributed by atoms with Gasteiger partial charge in [0, 0.05) is 26.2 Å². The van der Waals surface area contributed by atoms with Crippen LogP contribution in [0.2, 0.25) is 0 Å². The van der Waals surface area contributed by atoms with Gasteiger partial charge in [-0.15, -0.1) is 0 Å². The molecule has 9 nitrogen and oxygen atoms in total. The molecule has 132 valence electrons. The van der Waals surface area contributed by atoms with Crippen LogP contribution in [0.1, 0.15) is 5.56 Å². The van der Waals surface area contributed by atoms with Gasteiger partial charge in [0.1, 0.15) is 12.4 Å². The van der Waals surface area contributed by atoms with Gasteiger partial charge in [0.05, 0.1) is 9.82 Å². The molecule has 0 radical (unpaired) electrons.